The zero-order chi connectivity index (χ0) is 15.6. The SMILES string of the molecule is CSC(C)(C)CNS(=O)(=O)c1ccc([N+](=O)[O-])c(N)c1. The number of hydrogen-bond acceptors (Lipinski definition) is 6. The Balaban J connectivity index is 2.99. The highest BCUT2D eigenvalue weighted by Gasteiger charge is 2.23. The van der Waals surface area contributed by atoms with Crippen LogP contribution in [0.3, 0.4) is 0 Å². The molecule has 0 radical (unpaired) electrons. The fourth-order valence-corrected chi connectivity index (χ4v) is 2.85. The number of anilines is 1. The minimum atomic E-state index is -3.73. The molecule has 0 aliphatic carbocycles. The third-order valence-corrected chi connectivity index (χ3v) is 5.39. The highest BCUT2D eigenvalue weighted by Crippen LogP contribution is 2.25. The number of thioether (sulfide) groups is 1. The van der Waals surface area contributed by atoms with Gasteiger partial charge in [0.05, 0.1) is 9.82 Å². The molecule has 20 heavy (non-hydrogen) atoms. The second-order valence-corrected chi connectivity index (χ2v) is 8.05. The van der Waals surface area contributed by atoms with Crippen LogP contribution in [0.2, 0.25) is 0 Å². The van der Waals surface area contributed by atoms with E-state index in [2.05, 4.69) is 4.72 Å². The predicted molar refractivity (Wildman–Crippen MR) is 80.3 cm³/mol. The molecule has 1 rings (SSSR count). The normalized spacial score (nSPS) is 12.3. The van der Waals surface area contributed by atoms with Gasteiger partial charge >= 0.3 is 0 Å². The number of sulfonamides is 1. The molecule has 0 heterocycles. The predicted octanol–water partition coefficient (Wildman–Crippen LogP) is 1.60. The first-order chi connectivity index (χ1) is 9.09. The first-order valence-corrected chi connectivity index (χ1v) is 8.38. The van der Waals surface area contributed by atoms with Crippen LogP contribution in [-0.4, -0.2) is 30.9 Å². The van der Waals surface area contributed by atoms with Gasteiger partial charge in [-0.15, -0.1) is 0 Å². The van der Waals surface area contributed by atoms with Crippen molar-refractivity contribution in [2.24, 2.45) is 0 Å². The summed E-state index contributed by atoms with van der Waals surface area (Å²) in [5.41, 5.74) is 5.00. The second-order valence-electron chi connectivity index (χ2n) is 4.77. The molecule has 0 aliphatic rings. The molecule has 0 aromatic heterocycles. The van der Waals surface area contributed by atoms with Crippen molar-refractivity contribution in [2.45, 2.75) is 23.5 Å². The van der Waals surface area contributed by atoms with E-state index in [1.165, 1.54) is 17.8 Å². The average molecular weight is 319 g/mol. The van der Waals surface area contributed by atoms with Crippen molar-refractivity contribution in [1.29, 1.82) is 0 Å². The lowest BCUT2D eigenvalue weighted by Crippen LogP contribution is -2.36. The van der Waals surface area contributed by atoms with Crippen LogP contribution in [0.1, 0.15) is 13.8 Å². The Morgan fingerprint density at radius 3 is 2.50 bits per heavy atom. The van der Waals surface area contributed by atoms with Crippen LogP contribution < -0.4 is 10.5 Å². The molecule has 1 aromatic carbocycles. The van der Waals surface area contributed by atoms with E-state index in [1.54, 1.807) is 0 Å². The Morgan fingerprint density at radius 2 is 2.05 bits per heavy atom. The molecule has 112 valence electrons. The number of rotatable bonds is 6. The van der Waals surface area contributed by atoms with Gasteiger partial charge in [-0.05, 0) is 32.2 Å². The summed E-state index contributed by atoms with van der Waals surface area (Å²) in [5.74, 6) is 0. The van der Waals surface area contributed by atoms with Gasteiger partial charge in [0.25, 0.3) is 5.69 Å². The van der Waals surface area contributed by atoms with Gasteiger partial charge in [0.1, 0.15) is 5.69 Å². The van der Waals surface area contributed by atoms with Gasteiger partial charge in [-0.25, -0.2) is 13.1 Å². The Labute approximate surface area is 122 Å². The summed E-state index contributed by atoms with van der Waals surface area (Å²) in [6, 6.07) is 3.35. The number of nitro benzene ring substituents is 1. The highest BCUT2D eigenvalue weighted by atomic mass is 32.2. The summed E-state index contributed by atoms with van der Waals surface area (Å²) < 4.78 is 26.4. The number of nitrogen functional groups attached to an aromatic ring is 1. The monoisotopic (exact) mass is 319 g/mol. The lowest BCUT2D eigenvalue weighted by atomic mass is 10.2. The van der Waals surface area contributed by atoms with Gasteiger partial charge in [0.2, 0.25) is 10.0 Å². The maximum atomic E-state index is 12.1. The largest absolute Gasteiger partial charge is 0.393 e. The van der Waals surface area contributed by atoms with Gasteiger partial charge in [0.15, 0.2) is 0 Å². The lowest BCUT2D eigenvalue weighted by Gasteiger charge is -2.22. The summed E-state index contributed by atoms with van der Waals surface area (Å²) in [6.07, 6.45) is 1.89. The smallest absolute Gasteiger partial charge is 0.292 e. The number of hydrogen-bond donors (Lipinski definition) is 2. The minimum absolute atomic E-state index is 0.0856. The van der Waals surface area contributed by atoms with Crippen LogP contribution in [-0.2, 0) is 10.0 Å². The molecule has 0 unspecified atom stereocenters. The van der Waals surface area contributed by atoms with Gasteiger partial charge in [0, 0.05) is 17.4 Å². The summed E-state index contributed by atoms with van der Waals surface area (Å²) in [5, 5.41) is 10.6. The Hall–Kier alpha value is -1.32. The van der Waals surface area contributed by atoms with Gasteiger partial charge in [-0.3, -0.25) is 10.1 Å². The minimum Gasteiger partial charge on any atom is -0.393 e. The quantitative estimate of drug-likeness (QED) is 0.467. The van der Waals surface area contributed by atoms with Crippen molar-refractivity contribution in [2.75, 3.05) is 18.5 Å². The third kappa shape index (κ3) is 4.09. The van der Waals surface area contributed by atoms with E-state index in [0.717, 1.165) is 12.1 Å². The van der Waals surface area contributed by atoms with E-state index in [1.807, 2.05) is 20.1 Å². The number of nitrogens with two attached hydrogens (primary N) is 1. The molecule has 9 heteroatoms. The van der Waals surface area contributed by atoms with E-state index in [-0.39, 0.29) is 27.6 Å². The van der Waals surface area contributed by atoms with Crippen molar-refractivity contribution < 1.29 is 13.3 Å². The number of nitrogens with one attached hydrogen (secondary N) is 1. The molecular weight excluding hydrogens is 302 g/mol. The van der Waals surface area contributed by atoms with Crippen molar-refractivity contribution in [3.8, 4) is 0 Å². The fraction of sp³-hybridized carbons (Fsp3) is 0.455. The van der Waals surface area contributed by atoms with Crippen LogP contribution in [0.25, 0.3) is 0 Å². The van der Waals surface area contributed by atoms with E-state index in [9.17, 15) is 18.5 Å². The van der Waals surface area contributed by atoms with Crippen molar-refractivity contribution in [1.82, 2.24) is 4.72 Å². The molecule has 0 amide bonds. The van der Waals surface area contributed by atoms with Gasteiger partial charge in [-0.1, -0.05) is 0 Å². The molecular formula is C11H17N3O4S2. The Morgan fingerprint density at radius 1 is 1.45 bits per heavy atom. The van der Waals surface area contributed by atoms with Crippen LogP contribution in [0, 0.1) is 10.1 Å². The Bertz CT molecular complexity index is 614. The van der Waals surface area contributed by atoms with Crippen LogP contribution in [0.15, 0.2) is 23.1 Å². The fourth-order valence-electron chi connectivity index (χ4n) is 1.29. The first-order valence-electron chi connectivity index (χ1n) is 5.68. The van der Waals surface area contributed by atoms with Crippen molar-refractivity contribution in [3.05, 3.63) is 28.3 Å². The molecule has 7 nitrogen and oxygen atoms in total. The zero-order valence-electron chi connectivity index (χ0n) is 11.4. The molecule has 0 bridgehead atoms. The molecule has 0 spiro atoms. The number of nitrogens with zero attached hydrogens (tertiary/aromatic N) is 1. The second kappa shape index (κ2) is 5.98. The first kappa shape index (κ1) is 16.7. The Kier molecular flexibility index (Phi) is 5.00. The molecule has 3 N–H and O–H groups in total. The summed E-state index contributed by atoms with van der Waals surface area (Å²) >= 11 is 1.53. The lowest BCUT2D eigenvalue weighted by molar-refractivity contribution is -0.383. The summed E-state index contributed by atoms with van der Waals surface area (Å²) in [6.45, 7) is 4.06. The maximum Gasteiger partial charge on any atom is 0.292 e. The number of nitro groups is 1. The third-order valence-electron chi connectivity index (χ3n) is 2.75. The maximum absolute atomic E-state index is 12.1. The standard InChI is InChI=1S/C11H17N3O4S2/c1-11(2,19-3)7-13-20(17,18)8-4-5-10(14(15)16)9(12)6-8/h4-6,13H,7,12H2,1-3H3. The van der Waals surface area contributed by atoms with Crippen LogP contribution in [0.4, 0.5) is 11.4 Å². The van der Waals surface area contributed by atoms with Crippen LogP contribution in [0.5, 0.6) is 0 Å². The topological polar surface area (TPSA) is 115 Å². The molecule has 1 aromatic rings. The summed E-state index contributed by atoms with van der Waals surface area (Å²) in [4.78, 5) is 9.89. The van der Waals surface area contributed by atoms with Gasteiger partial charge < -0.3 is 5.73 Å². The molecule has 0 atom stereocenters. The molecule has 0 saturated carbocycles. The van der Waals surface area contributed by atoms with Crippen molar-refractivity contribution in [3.63, 3.8) is 0 Å². The van der Waals surface area contributed by atoms with Gasteiger partial charge in [-0.2, -0.15) is 11.8 Å². The van der Waals surface area contributed by atoms with Crippen molar-refractivity contribution >= 4 is 33.2 Å². The van der Waals surface area contributed by atoms with E-state index < -0.39 is 14.9 Å². The zero-order valence-corrected chi connectivity index (χ0v) is 13.0. The molecule has 0 fully saturated rings. The highest BCUT2D eigenvalue weighted by molar-refractivity contribution is 8.00. The van der Waals surface area contributed by atoms with E-state index >= 15 is 0 Å². The molecule has 0 aliphatic heterocycles. The van der Waals surface area contributed by atoms with Crippen LogP contribution >= 0.6 is 11.8 Å². The molecule has 0 saturated heterocycles. The van der Waals surface area contributed by atoms with E-state index in [4.69, 9.17) is 5.73 Å². The van der Waals surface area contributed by atoms with E-state index in [0.29, 0.717) is 0 Å². The summed E-state index contributed by atoms with van der Waals surface area (Å²) in [7, 11) is -3.73. The number of benzene rings is 1. The average Bonchev–Trinajstić information content (AvgIpc) is 2.36.